The molecule has 2 N–H and O–H groups in total. The molecule has 0 bridgehead atoms. The Morgan fingerprint density at radius 2 is 1.55 bits per heavy atom. The lowest BCUT2D eigenvalue weighted by molar-refractivity contribution is -0.136. The van der Waals surface area contributed by atoms with Crippen molar-refractivity contribution in [3.05, 3.63) is 52.3 Å². The highest BCUT2D eigenvalue weighted by Crippen LogP contribution is 2.43. The van der Waals surface area contributed by atoms with Gasteiger partial charge in [0, 0.05) is 69.6 Å². The molecule has 3 saturated heterocycles. The molecule has 3 fully saturated rings. The van der Waals surface area contributed by atoms with Gasteiger partial charge in [0.25, 0.3) is 11.8 Å². The number of nitrogens with zero attached hydrogens (tertiary/aromatic N) is 4. The van der Waals surface area contributed by atoms with Crippen molar-refractivity contribution in [1.29, 1.82) is 0 Å². The van der Waals surface area contributed by atoms with Crippen molar-refractivity contribution < 1.29 is 41.5 Å². The first-order valence-corrected chi connectivity index (χ1v) is 18.7. The molecule has 49 heavy (non-hydrogen) atoms. The molecular weight excluding hydrogens is 660 g/mol. The second-order valence-electron chi connectivity index (χ2n) is 13.8. The number of benzene rings is 2. The number of amides is 4. The number of piperazine rings is 1. The Kier molecular flexibility index (Phi) is 8.72. The maximum absolute atomic E-state index is 15.3. The second-order valence-corrected chi connectivity index (χ2v) is 15.7. The zero-order chi connectivity index (χ0) is 34.8. The topological polar surface area (TPSA) is 148 Å². The number of anilines is 2. The lowest BCUT2D eigenvalue weighted by atomic mass is 9.92. The Bertz CT molecular complexity index is 1840. The molecule has 4 aliphatic heterocycles. The fourth-order valence-corrected chi connectivity index (χ4v) is 9.00. The first kappa shape index (κ1) is 33.5. The van der Waals surface area contributed by atoms with E-state index < -0.39 is 57.6 Å². The van der Waals surface area contributed by atoms with Crippen molar-refractivity contribution in [1.82, 2.24) is 15.1 Å². The highest BCUT2D eigenvalue weighted by molar-refractivity contribution is 7.90. The number of halogens is 2. The summed E-state index contributed by atoms with van der Waals surface area (Å²) in [6.07, 6.45) is 0.945. The molecule has 4 amide bonds. The predicted octanol–water partition coefficient (Wildman–Crippen LogP) is 1.99. The summed E-state index contributed by atoms with van der Waals surface area (Å²) in [5, 5.41) is 12.6. The van der Waals surface area contributed by atoms with Crippen LogP contribution >= 0.6 is 0 Å². The van der Waals surface area contributed by atoms with Gasteiger partial charge in [0.1, 0.15) is 24.1 Å². The van der Waals surface area contributed by atoms with E-state index in [1.165, 1.54) is 12.1 Å². The molecule has 0 aromatic heterocycles. The number of aliphatic hydroxyl groups excluding tert-OH is 1. The number of piperidine rings is 2. The van der Waals surface area contributed by atoms with Gasteiger partial charge in [0.05, 0.1) is 21.7 Å². The van der Waals surface area contributed by atoms with Crippen LogP contribution in [0.5, 0.6) is 0 Å². The van der Waals surface area contributed by atoms with E-state index in [-0.39, 0.29) is 46.5 Å². The van der Waals surface area contributed by atoms with Gasteiger partial charge in [-0.2, -0.15) is 0 Å². The second kappa shape index (κ2) is 12.7. The molecule has 7 rings (SSSR count). The summed E-state index contributed by atoms with van der Waals surface area (Å²) in [4.78, 5) is 57.4. The zero-order valence-corrected chi connectivity index (χ0v) is 28.0. The molecule has 0 radical (unpaired) electrons. The molecule has 262 valence electrons. The highest BCUT2D eigenvalue weighted by atomic mass is 32.2. The molecule has 12 nitrogen and oxygen atoms in total. The number of aliphatic hydroxyl groups is 1. The van der Waals surface area contributed by atoms with Crippen molar-refractivity contribution in [3.8, 4) is 0 Å². The Morgan fingerprint density at radius 1 is 0.898 bits per heavy atom. The summed E-state index contributed by atoms with van der Waals surface area (Å²) in [6, 6.07) is 4.59. The maximum Gasteiger partial charge on any atom is 0.262 e. The molecule has 2 aromatic rings. The van der Waals surface area contributed by atoms with E-state index in [0.29, 0.717) is 37.7 Å². The molecule has 1 aliphatic carbocycles. The van der Waals surface area contributed by atoms with Crippen LogP contribution in [0.4, 0.5) is 20.2 Å². The van der Waals surface area contributed by atoms with E-state index in [1.54, 1.807) is 6.07 Å². The Hall–Kier alpha value is -3.95. The number of hydrogen-bond acceptors (Lipinski definition) is 10. The van der Waals surface area contributed by atoms with Crippen LogP contribution in [0.2, 0.25) is 0 Å². The van der Waals surface area contributed by atoms with Crippen molar-refractivity contribution in [2.75, 3.05) is 61.9 Å². The average molecular weight is 700 g/mol. The molecule has 0 saturated carbocycles. The highest BCUT2D eigenvalue weighted by Gasteiger charge is 2.45. The average Bonchev–Trinajstić information content (AvgIpc) is 3.49. The van der Waals surface area contributed by atoms with E-state index >= 15 is 4.39 Å². The number of carbonyl (C=O) groups excluding carboxylic acids is 4. The van der Waals surface area contributed by atoms with Gasteiger partial charge in [-0.1, -0.05) is 0 Å². The maximum atomic E-state index is 15.3. The van der Waals surface area contributed by atoms with Crippen LogP contribution in [0.15, 0.2) is 29.2 Å². The van der Waals surface area contributed by atoms with Crippen LogP contribution in [0, 0.1) is 11.7 Å². The quantitative estimate of drug-likeness (QED) is 0.412. The molecule has 5 aliphatic rings. The van der Waals surface area contributed by atoms with Gasteiger partial charge >= 0.3 is 0 Å². The zero-order valence-electron chi connectivity index (χ0n) is 27.2. The molecule has 3 atom stereocenters. The number of sulfone groups is 1. The van der Waals surface area contributed by atoms with Gasteiger partial charge < -0.3 is 14.9 Å². The van der Waals surface area contributed by atoms with Gasteiger partial charge in [-0.05, 0) is 68.0 Å². The number of nitrogens with one attached hydrogen (secondary N) is 1. The summed E-state index contributed by atoms with van der Waals surface area (Å²) >= 11 is 0. The number of fused-ring (bicyclic) bond motifs is 2. The van der Waals surface area contributed by atoms with E-state index in [0.717, 1.165) is 61.8 Å². The third-order valence-electron chi connectivity index (χ3n) is 10.8. The Balaban J connectivity index is 0.926. The van der Waals surface area contributed by atoms with Crippen LogP contribution in [0.1, 0.15) is 70.1 Å². The van der Waals surface area contributed by atoms with E-state index in [4.69, 9.17) is 0 Å². The Labute approximate surface area is 282 Å². The fraction of sp³-hybridized carbons (Fsp3) is 0.529. The van der Waals surface area contributed by atoms with Crippen molar-refractivity contribution in [2.24, 2.45) is 5.92 Å². The van der Waals surface area contributed by atoms with Crippen LogP contribution in [0.25, 0.3) is 0 Å². The summed E-state index contributed by atoms with van der Waals surface area (Å²) < 4.78 is 54.5. The molecule has 4 heterocycles. The van der Waals surface area contributed by atoms with Gasteiger partial charge in [-0.25, -0.2) is 17.2 Å². The monoisotopic (exact) mass is 699 g/mol. The molecular formula is C34H39F2N5O7S. The van der Waals surface area contributed by atoms with Gasteiger partial charge in [-0.15, -0.1) is 0 Å². The van der Waals surface area contributed by atoms with E-state index in [2.05, 4.69) is 15.1 Å². The first-order chi connectivity index (χ1) is 23.3. The number of carbonyl (C=O) groups is 4. The van der Waals surface area contributed by atoms with E-state index in [1.807, 2.05) is 4.90 Å². The van der Waals surface area contributed by atoms with Crippen LogP contribution in [0.3, 0.4) is 0 Å². The summed E-state index contributed by atoms with van der Waals surface area (Å²) in [7, 11) is -3.62. The predicted molar refractivity (Wildman–Crippen MR) is 174 cm³/mol. The number of rotatable bonds is 7. The molecule has 3 unspecified atom stereocenters. The number of hydrogen-bond donors (Lipinski definition) is 2. The summed E-state index contributed by atoms with van der Waals surface area (Å²) in [5.41, 5.74) is 1.78. The third kappa shape index (κ3) is 6.09. The van der Waals surface area contributed by atoms with Gasteiger partial charge in [0.15, 0.2) is 9.84 Å². The van der Waals surface area contributed by atoms with Crippen molar-refractivity contribution in [2.45, 2.75) is 61.7 Å². The lowest BCUT2D eigenvalue weighted by Crippen LogP contribution is -2.54. The Morgan fingerprint density at radius 3 is 2.20 bits per heavy atom. The minimum Gasteiger partial charge on any atom is -0.385 e. The van der Waals surface area contributed by atoms with Gasteiger partial charge in [-0.3, -0.25) is 34.3 Å². The van der Waals surface area contributed by atoms with Gasteiger partial charge in [0.2, 0.25) is 11.8 Å². The standard InChI is InChI=1S/C34H39F2N5O7S/c1-49(47,48)28-4-2-25(22-17-24(36)31(43)30(22)28)39-10-7-19(8-11-39)6-9-38-12-14-40(15-13-38)27-18-21-20(16-23(27)35)33(45)41(34(21)46)26-3-5-29(42)37-32(26)44/h2,4,16,18-19,24,26,31,43H,3,5-15,17H2,1H3,(H,37,42,44). The minimum absolute atomic E-state index is 0.00555. The largest absolute Gasteiger partial charge is 0.385 e. The molecule has 2 aromatic carbocycles. The SMILES string of the molecule is CS(=O)(=O)c1ccc(N2CCC(CCN3CCN(c4cc5c(cc4F)C(=O)N(C4CCC(=O)NC4=O)C5=O)CC3)CC2)c2c1C(O)C(F)C2. The fourth-order valence-electron chi connectivity index (χ4n) is 8.04. The van der Waals surface area contributed by atoms with Crippen molar-refractivity contribution in [3.63, 3.8) is 0 Å². The van der Waals surface area contributed by atoms with Crippen LogP contribution in [-0.2, 0) is 25.8 Å². The third-order valence-corrected chi connectivity index (χ3v) is 11.9. The van der Waals surface area contributed by atoms with Crippen LogP contribution in [-0.4, -0.2) is 111 Å². The minimum atomic E-state index is -3.62. The summed E-state index contributed by atoms with van der Waals surface area (Å²) in [5.74, 6) is -2.72. The normalized spacial score (nSPS) is 25.2. The van der Waals surface area contributed by atoms with Crippen molar-refractivity contribution >= 4 is 44.8 Å². The number of alkyl halides is 1. The summed E-state index contributed by atoms with van der Waals surface area (Å²) in [6.45, 7) is 4.80. The first-order valence-electron chi connectivity index (χ1n) is 16.8. The number of imide groups is 2. The smallest absolute Gasteiger partial charge is 0.262 e. The molecule has 15 heteroatoms. The van der Waals surface area contributed by atoms with E-state index in [9.17, 15) is 37.1 Å². The van der Waals surface area contributed by atoms with Crippen LogP contribution < -0.4 is 15.1 Å². The molecule has 0 spiro atoms. The lowest BCUT2D eigenvalue weighted by Gasteiger charge is -2.38.